The summed E-state index contributed by atoms with van der Waals surface area (Å²) in [5.74, 6) is 0.852. The molecule has 1 heterocycles. The lowest BCUT2D eigenvalue weighted by Gasteiger charge is -2.21. The Morgan fingerprint density at radius 3 is 2.79 bits per heavy atom. The second kappa shape index (κ2) is 6.79. The normalized spacial score (nSPS) is 18.1. The first-order valence-electron chi connectivity index (χ1n) is 5.36. The molecule has 4 nitrogen and oxygen atoms in total. The summed E-state index contributed by atoms with van der Waals surface area (Å²) in [5, 5.41) is 0. The predicted octanol–water partition coefficient (Wildman–Crippen LogP) is 0.834. The minimum atomic E-state index is 0.0829. The van der Waals surface area contributed by atoms with E-state index < -0.39 is 0 Å². The molecular formula is C10H20N2O2. The van der Waals surface area contributed by atoms with E-state index in [1.807, 2.05) is 0 Å². The predicted molar refractivity (Wildman–Crippen MR) is 54.6 cm³/mol. The van der Waals surface area contributed by atoms with Crippen molar-refractivity contribution in [3.05, 3.63) is 0 Å². The van der Waals surface area contributed by atoms with Crippen molar-refractivity contribution in [2.45, 2.75) is 32.1 Å². The smallest absolute Gasteiger partial charge is 0.234 e. The third-order valence-corrected chi connectivity index (χ3v) is 2.62. The minimum absolute atomic E-state index is 0.0829. The van der Waals surface area contributed by atoms with Gasteiger partial charge in [-0.25, -0.2) is 5.43 Å². The third-order valence-electron chi connectivity index (χ3n) is 2.62. The highest BCUT2D eigenvalue weighted by Gasteiger charge is 2.13. The van der Waals surface area contributed by atoms with Crippen molar-refractivity contribution in [2.75, 3.05) is 20.3 Å². The maximum atomic E-state index is 11.1. The Kier molecular flexibility index (Phi) is 5.56. The molecular weight excluding hydrogens is 180 g/mol. The van der Waals surface area contributed by atoms with Crippen LogP contribution in [0.25, 0.3) is 0 Å². The number of amides is 1. The molecule has 14 heavy (non-hydrogen) atoms. The van der Waals surface area contributed by atoms with Crippen LogP contribution >= 0.6 is 0 Å². The van der Waals surface area contributed by atoms with Gasteiger partial charge in [0.2, 0.25) is 5.91 Å². The average molecular weight is 200 g/mol. The van der Waals surface area contributed by atoms with Gasteiger partial charge >= 0.3 is 0 Å². The van der Waals surface area contributed by atoms with Crippen LogP contribution in [0.2, 0.25) is 0 Å². The van der Waals surface area contributed by atoms with Gasteiger partial charge in [-0.1, -0.05) is 0 Å². The van der Waals surface area contributed by atoms with Crippen molar-refractivity contribution in [3.8, 4) is 0 Å². The zero-order valence-corrected chi connectivity index (χ0v) is 8.84. The highest BCUT2D eigenvalue weighted by atomic mass is 16.5. The largest absolute Gasteiger partial charge is 0.381 e. The molecule has 0 aromatic heterocycles. The summed E-state index contributed by atoms with van der Waals surface area (Å²) in [4.78, 5) is 11.1. The zero-order valence-electron chi connectivity index (χ0n) is 8.84. The summed E-state index contributed by atoms with van der Waals surface area (Å²) in [6.07, 6.45) is 5.08. The lowest BCUT2D eigenvalue weighted by Crippen LogP contribution is -2.33. The molecule has 0 aliphatic carbocycles. The molecule has 0 aromatic rings. The Morgan fingerprint density at radius 2 is 2.14 bits per heavy atom. The average Bonchev–Trinajstić information content (AvgIpc) is 2.20. The molecule has 1 amide bonds. The van der Waals surface area contributed by atoms with E-state index in [-0.39, 0.29) is 5.91 Å². The van der Waals surface area contributed by atoms with Gasteiger partial charge in [0.25, 0.3) is 0 Å². The molecule has 0 atom stereocenters. The van der Waals surface area contributed by atoms with Crippen LogP contribution in [0.5, 0.6) is 0 Å². The van der Waals surface area contributed by atoms with Gasteiger partial charge in [-0.3, -0.25) is 10.2 Å². The molecule has 82 valence electrons. The number of hydrogen-bond donors (Lipinski definition) is 2. The van der Waals surface area contributed by atoms with Gasteiger partial charge in [0.05, 0.1) is 0 Å². The van der Waals surface area contributed by atoms with Crippen LogP contribution in [0.1, 0.15) is 32.1 Å². The van der Waals surface area contributed by atoms with E-state index in [9.17, 15) is 4.79 Å². The molecule has 2 N–H and O–H groups in total. The van der Waals surface area contributed by atoms with E-state index >= 15 is 0 Å². The molecule has 1 rings (SSSR count). The molecule has 0 aromatic carbocycles. The van der Waals surface area contributed by atoms with Crippen molar-refractivity contribution in [2.24, 2.45) is 5.92 Å². The maximum absolute atomic E-state index is 11.1. The number of carbonyl (C=O) groups excluding carboxylic acids is 1. The first-order chi connectivity index (χ1) is 6.83. The number of carbonyl (C=O) groups is 1. The van der Waals surface area contributed by atoms with E-state index in [0.717, 1.165) is 44.8 Å². The zero-order chi connectivity index (χ0) is 10.2. The minimum Gasteiger partial charge on any atom is -0.381 e. The first kappa shape index (κ1) is 11.5. The summed E-state index contributed by atoms with van der Waals surface area (Å²) in [7, 11) is 1.70. The maximum Gasteiger partial charge on any atom is 0.234 e. The van der Waals surface area contributed by atoms with Gasteiger partial charge in [0.1, 0.15) is 0 Å². The molecule has 0 radical (unpaired) electrons. The van der Waals surface area contributed by atoms with E-state index in [2.05, 4.69) is 10.9 Å². The lowest BCUT2D eigenvalue weighted by atomic mass is 9.94. The Morgan fingerprint density at radius 1 is 1.43 bits per heavy atom. The fourth-order valence-corrected chi connectivity index (χ4v) is 1.79. The molecule has 4 heteroatoms. The van der Waals surface area contributed by atoms with Gasteiger partial charge in [0.15, 0.2) is 0 Å². The van der Waals surface area contributed by atoms with Crippen molar-refractivity contribution in [1.82, 2.24) is 10.9 Å². The lowest BCUT2D eigenvalue weighted by molar-refractivity contribution is -0.122. The highest BCUT2D eigenvalue weighted by molar-refractivity contribution is 5.75. The summed E-state index contributed by atoms with van der Waals surface area (Å²) in [6.45, 7) is 1.79. The molecule has 0 spiro atoms. The molecule has 1 saturated heterocycles. The monoisotopic (exact) mass is 200 g/mol. The standard InChI is InChI=1S/C10H20N2O2/c1-11-12-10(13)4-2-3-9-5-7-14-8-6-9/h9,11H,2-8H2,1H3,(H,12,13). The summed E-state index contributed by atoms with van der Waals surface area (Å²) < 4.78 is 5.28. The van der Waals surface area contributed by atoms with Crippen LogP contribution in [0.3, 0.4) is 0 Å². The van der Waals surface area contributed by atoms with Crippen molar-refractivity contribution in [3.63, 3.8) is 0 Å². The molecule has 1 aliphatic rings. The number of ether oxygens (including phenoxy) is 1. The first-order valence-corrected chi connectivity index (χ1v) is 5.36. The Bertz CT molecular complexity index is 168. The number of hydrazine groups is 1. The molecule has 1 fully saturated rings. The van der Waals surface area contributed by atoms with Crippen LogP contribution in [0, 0.1) is 5.92 Å². The van der Waals surface area contributed by atoms with Gasteiger partial charge in [-0.2, -0.15) is 0 Å². The number of nitrogens with one attached hydrogen (secondary N) is 2. The van der Waals surface area contributed by atoms with Crippen LogP contribution in [0.15, 0.2) is 0 Å². The fraction of sp³-hybridized carbons (Fsp3) is 0.900. The Hall–Kier alpha value is -0.610. The molecule has 1 aliphatic heterocycles. The topological polar surface area (TPSA) is 50.4 Å². The van der Waals surface area contributed by atoms with Crippen molar-refractivity contribution < 1.29 is 9.53 Å². The fourth-order valence-electron chi connectivity index (χ4n) is 1.79. The molecule has 0 unspecified atom stereocenters. The molecule has 0 bridgehead atoms. The van der Waals surface area contributed by atoms with E-state index in [4.69, 9.17) is 4.74 Å². The molecule has 0 saturated carbocycles. The summed E-state index contributed by atoms with van der Waals surface area (Å²) in [6, 6.07) is 0. The van der Waals surface area contributed by atoms with Crippen LogP contribution in [0.4, 0.5) is 0 Å². The van der Waals surface area contributed by atoms with Gasteiger partial charge in [-0.05, 0) is 31.6 Å². The van der Waals surface area contributed by atoms with E-state index in [0.29, 0.717) is 6.42 Å². The van der Waals surface area contributed by atoms with Crippen LogP contribution in [-0.2, 0) is 9.53 Å². The second-order valence-corrected chi connectivity index (χ2v) is 3.75. The van der Waals surface area contributed by atoms with Crippen LogP contribution in [-0.4, -0.2) is 26.2 Å². The number of hydrogen-bond acceptors (Lipinski definition) is 3. The summed E-state index contributed by atoms with van der Waals surface area (Å²) >= 11 is 0. The number of rotatable bonds is 5. The van der Waals surface area contributed by atoms with Crippen molar-refractivity contribution in [1.29, 1.82) is 0 Å². The highest BCUT2D eigenvalue weighted by Crippen LogP contribution is 2.20. The third kappa shape index (κ3) is 4.58. The van der Waals surface area contributed by atoms with Gasteiger partial charge in [-0.15, -0.1) is 0 Å². The van der Waals surface area contributed by atoms with Crippen LogP contribution < -0.4 is 10.9 Å². The van der Waals surface area contributed by atoms with Gasteiger partial charge < -0.3 is 4.74 Å². The van der Waals surface area contributed by atoms with E-state index in [1.54, 1.807) is 7.05 Å². The van der Waals surface area contributed by atoms with Gasteiger partial charge in [0, 0.05) is 26.7 Å². The van der Waals surface area contributed by atoms with Crippen molar-refractivity contribution >= 4 is 5.91 Å². The SMILES string of the molecule is CNNC(=O)CCCC1CCOCC1. The quantitative estimate of drug-likeness (QED) is 0.646. The second-order valence-electron chi connectivity index (χ2n) is 3.75. The summed E-state index contributed by atoms with van der Waals surface area (Å²) in [5.41, 5.74) is 5.21. The Balaban J connectivity index is 1.99. The Labute approximate surface area is 85.4 Å². The van der Waals surface area contributed by atoms with E-state index in [1.165, 1.54) is 0 Å².